The Morgan fingerprint density at radius 2 is 1.83 bits per heavy atom. The summed E-state index contributed by atoms with van der Waals surface area (Å²) in [6.07, 6.45) is 7.39. The van der Waals surface area contributed by atoms with Gasteiger partial charge in [-0.25, -0.2) is 0 Å². The Labute approximate surface area is 107 Å². The minimum Gasteiger partial charge on any atom is -0.481 e. The van der Waals surface area contributed by atoms with Crippen LogP contribution in [0.4, 0.5) is 0 Å². The van der Waals surface area contributed by atoms with Gasteiger partial charge in [0.25, 0.3) is 0 Å². The first-order valence-corrected chi connectivity index (χ1v) is 6.86. The molecule has 0 aromatic rings. The van der Waals surface area contributed by atoms with Gasteiger partial charge in [0.2, 0.25) is 5.91 Å². The predicted octanol–water partition coefficient (Wildman–Crippen LogP) is 1.03. The van der Waals surface area contributed by atoms with Gasteiger partial charge in [0.1, 0.15) is 0 Å². The molecule has 18 heavy (non-hydrogen) atoms. The molecule has 0 atom stereocenters. The van der Waals surface area contributed by atoms with Gasteiger partial charge in [-0.05, 0) is 32.1 Å². The maximum atomic E-state index is 11.8. The molecule has 0 aromatic heterocycles. The molecule has 0 spiro atoms. The Morgan fingerprint density at radius 1 is 1.17 bits per heavy atom. The highest BCUT2D eigenvalue weighted by Gasteiger charge is 2.40. The Kier molecular flexibility index (Phi) is 4.22. The van der Waals surface area contributed by atoms with Crippen LogP contribution in [-0.2, 0) is 9.59 Å². The van der Waals surface area contributed by atoms with E-state index in [4.69, 9.17) is 5.11 Å². The van der Waals surface area contributed by atoms with Crippen molar-refractivity contribution in [1.29, 1.82) is 0 Å². The molecule has 1 amide bonds. The van der Waals surface area contributed by atoms with Crippen LogP contribution in [0.5, 0.6) is 0 Å². The summed E-state index contributed by atoms with van der Waals surface area (Å²) in [6.45, 7) is 0.312. The molecule has 0 aromatic carbocycles. The van der Waals surface area contributed by atoms with Gasteiger partial charge in [-0.1, -0.05) is 12.8 Å². The van der Waals surface area contributed by atoms with E-state index in [2.05, 4.69) is 10.6 Å². The number of aliphatic carboxylic acids is 1. The number of carbonyl (C=O) groups is 2. The van der Waals surface area contributed by atoms with E-state index in [-0.39, 0.29) is 12.3 Å². The van der Waals surface area contributed by atoms with Crippen molar-refractivity contribution in [3.63, 3.8) is 0 Å². The number of carboxylic acid groups (broad SMARTS) is 1. The Bertz CT molecular complexity index is 320. The molecule has 5 nitrogen and oxygen atoms in total. The van der Waals surface area contributed by atoms with Crippen LogP contribution in [0.15, 0.2) is 0 Å². The van der Waals surface area contributed by atoms with Crippen LogP contribution < -0.4 is 10.6 Å². The van der Waals surface area contributed by atoms with Crippen LogP contribution in [0, 0.1) is 0 Å². The summed E-state index contributed by atoms with van der Waals surface area (Å²) >= 11 is 0. The van der Waals surface area contributed by atoms with E-state index in [9.17, 15) is 9.59 Å². The molecule has 0 unspecified atom stereocenters. The Balaban J connectivity index is 1.73. The first kappa shape index (κ1) is 13.3. The number of rotatable bonds is 6. The lowest BCUT2D eigenvalue weighted by Crippen LogP contribution is -2.56. The first-order chi connectivity index (χ1) is 8.60. The second-order valence-corrected chi connectivity index (χ2v) is 5.61. The maximum absolute atomic E-state index is 11.8. The molecule has 0 radical (unpaired) electrons. The average molecular weight is 254 g/mol. The number of hydrogen-bond donors (Lipinski definition) is 3. The largest absolute Gasteiger partial charge is 0.481 e. The third-order valence-electron chi connectivity index (χ3n) is 4.11. The zero-order valence-electron chi connectivity index (χ0n) is 10.7. The van der Waals surface area contributed by atoms with Gasteiger partial charge >= 0.3 is 5.97 Å². The molecule has 0 bridgehead atoms. The van der Waals surface area contributed by atoms with Crippen molar-refractivity contribution in [2.45, 2.75) is 62.9 Å². The fraction of sp³-hybridized carbons (Fsp3) is 0.846. The molecule has 0 aliphatic heterocycles. The molecule has 2 saturated carbocycles. The molecule has 2 fully saturated rings. The summed E-state index contributed by atoms with van der Waals surface area (Å²) in [5.74, 6) is -0.901. The summed E-state index contributed by atoms with van der Waals surface area (Å²) in [5, 5.41) is 15.0. The first-order valence-electron chi connectivity index (χ1n) is 6.86. The molecule has 0 heterocycles. The minimum atomic E-state index is -0.834. The molecule has 3 N–H and O–H groups in total. The average Bonchev–Trinajstić information content (AvgIpc) is 2.75. The third-order valence-corrected chi connectivity index (χ3v) is 4.11. The normalized spacial score (nSPS) is 22.4. The van der Waals surface area contributed by atoms with Crippen molar-refractivity contribution in [2.24, 2.45) is 0 Å². The van der Waals surface area contributed by atoms with E-state index >= 15 is 0 Å². The van der Waals surface area contributed by atoms with Crippen molar-refractivity contribution in [1.82, 2.24) is 10.6 Å². The molecular weight excluding hydrogens is 232 g/mol. The van der Waals surface area contributed by atoms with E-state index in [0.717, 1.165) is 32.1 Å². The van der Waals surface area contributed by atoms with Crippen molar-refractivity contribution in [3.8, 4) is 0 Å². The molecule has 2 rings (SSSR count). The monoisotopic (exact) mass is 254 g/mol. The molecular formula is C13H22N2O3. The Morgan fingerprint density at radius 3 is 2.33 bits per heavy atom. The van der Waals surface area contributed by atoms with Crippen LogP contribution >= 0.6 is 0 Å². The van der Waals surface area contributed by atoms with Crippen LogP contribution in [-0.4, -0.2) is 35.1 Å². The topological polar surface area (TPSA) is 78.4 Å². The maximum Gasteiger partial charge on any atom is 0.305 e. The van der Waals surface area contributed by atoms with Crippen molar-refractivity contribution < 1.29 is 14.7 Å². The van der Waals surface area contributed by atoms with E-state index < -0.39 is 11.5 Å². The van der Waals surface area contributed by atoms with Crippen molar-refractivity contribution >= 4 is 11.9 Å². The van der Waals surface area contributed by atoms with Crippen LogP contribution in [0.2, 0.25) is 0 Å². The van der Waals surface area contributed by atoms with E-state index in [1.54, 1.807) is 0 Å². The summed E-state index contributed by atoms with van der Waals surface area (Å²) < 4.78 is 0. The summed E-state index contributed by atoms with van der Waals surface area (Å²) in [5.41, 5.74) is -0.472. The smallest absolute Gasteiger partial charge is 0.305 e. The lowest BCUT2D eigenvalue weighted by Gasteiger charge is -2.41. The van der Waals surface area contributed by atoms with E-state index in [1.807, 2.05) is 0 Å². The van der Waals surface area contributed by atoms with Gasteiger partial charge in [0.15, 0.2) is 0 Å². The van der Waals surface area contributed by atoms with Gasteiger partial charge in [0, 0.05) is 6.04 Å². The second-order valence-electron chi connectivity index (χ2n) is 5.61. The minimum absolute atomic E-state index is 0.0438. The number of nitrogens with one attached hydrogen (secondary N) is 2. The number of hydrogen-bond acceptors (Lipinski definition) is 3. The van der Waals surface area contributed by atoms with E-state index in [1.165, 1.54) is 12.8 Å². The zero-order chi connectivity index (χ0) is 13.0. The number of carboxylic acids is 1. The molecule has 2 aliphatic rings. The lowest BCUT2D eigenvalue weighted by molar-refractivity contribution is -0.140. The number of carbonyl (C=O) groups excluding carboxylic acids is 1. The Hall–Kier alpha value is -1.10. The van der Waals surface area contributed by atoms with Crippen LogP contribution in [0.3, 0.4) is 0 Å². The lowest BCUT2D eigenvalue weighted by atomic mass is 9.74. The van der Waals surface area contributed by atoms with Crippen molar-refractivity contribution in [2.75, 3.05) is 6.54 Å². The second kappa shape index (κ2) is 5.69. The van der Waals surface area contributed by atoms with Gasteiger partial charge in [-0.2, -0.15) is 0 Å². The molecule has 0 saturated heterocycles. The van der Waals surface area contributed by atoms with E-state index in [0.29, 0.717) is 12.6 Å². The molecule has 102 valence electrons. The van der Waals surface area contributed by atoms with Crippen molar-refractivity contribution in [3.05, 3.63) is 0 Å². The third kappa shape index (κ3) is 3.45. The summed E-state index contributed by atoms with van der Waals surface area (Å²) in [7, 11) is 0. The van der Waals surface area contributed by atoms with Gasteiger partial charge in [-0.15, -0.1) is 0 Å². The summed E-state index contributed by atoms with van der Waals surface area (Å²) in [4.78, 5) is 22.6. The van der Waals surface area contributed by atoms with Crippen LogP contribution in [0.1, 0.15) is 51.4 Å². The molecule has 2 aliphatic carbocycles. The fourth-order valence-corrected chi connectivity index (χ4v) is 2.95. The predicted molar refractivity (Wildman–Crippen MR) is 67.2 cm³/mol. The highest BCUT2D eigenvalue weighted by Crippen LogP contribution is 2.34. The number of amides is 1. The quantitative estimate of drug-likeness (QED) is 0.661. The standard InChI is InChI=1S/C13H22N2O3/c16-11(9-14-10-4-1-2-5-10)15-13(6-3-7-13)8-12(17)18/h10,14H,1-9H2,(H,15,16)(H,17,18). The highest BCUT2D eigenvalue weighted by molar-refractivity contribution is 5.80. The SMILES string of the molecule is O=C(O)CC1(NC(=O)CNC2CCCC2)CCC1. The van der Waals surface area contributed by atoms with Gasteiger partial charge in [-0.3, -0.25) is 9.59 Å². The highest BCUT2D eigenvalue weighted by atomic mass is 16.4. The van der Waals surface area contributed by atoms with Crippen LogP contribution in [0.25, 0.3) is 0 Å². The van der Waals surface area contributed by atoms with Gasteiger partial charge in [0.05, 0.1) is 18.5 Å². The zero-order valence-corrected chi connectivity index (χ0v) is 10.7. The summed E-state index contributed by atoms with van der Waals surface area (Å²) in [6, 6.07) is 0.465. The molecule has 5 heteroatoms. The van der Waals surface area contributed by atoms with Gasteiger partial charge < -0.3 is 15.7 Å². The fourth-order valence-electron chi connectivity index (χ4n) is 2.95.